The maximum absolute atomic E-state index is 9.52. The highest BCUT2D eigenvalue weighted by Gasteiger charge is 2.15. The second-order valence-electron chi connectivity index (χ2n) is 3.83. The van der Waals surface area contributed by atoms with Crippen molar-refractivity contribution in [1.29, 1.82) is 0 Å². The Hall–Kier alpha value is 0.270. The molecule has 1 fully saturated rings. The summed E-state index contributed by atoms with van der Waals surface area (Å²) in [5, 5.41) is 10.3. The number of nitrogens with zero attached hydrogens (tertiary/aromatic N) is 1. The van der Waals surface area contributed by atoms with Crippen molar-refractivity contribution < 1.29 is 5.11 Å². The molecule has 0 spiro atoms. The fourth-order valence-corrected chi connectivity index (χ4v) is 2.59. The third-order valence-electron chi connectivity index (χ3n) is 2.60. The highest BCUT2D eigenvalue weighted by atomic mass is 32.2. The molecule has 3 heteroatoms. The number of rotatable bonds is 3. The van der Waals surface area contributed by atoms with E-state index in [4.69, 9.17) is 0 Å². The van der Waals surface area contributed by atoms with Crippen LogP contribution in [0.3, 0.4) is 0 Å². The normalized spacial score (nSPS) is 28.4. The Balaban J connectivity index is 2.25. The summed E-state index contributed by atoms with van der Waals surface area (Å²) in [5.41, 5.74) is 0. The van der Waals surface area contributed by atoms with Gasteiger partial charge in [0, 0.05) is 24.1 Å². The van der Waals surface area contributed by atoms with Gasteiger partial charge < -0.3 is 5.11 Å². The van der Waals surface area contributed by atoms with E-state index in [-0.39, 0.29) is 6.10 Å². The van der Waals surface area contributed by atoms with Crippen LogP contribution in [-0.2, 0) is 0 Å². The van der Waals surface area contributed by atoms with Crippen LogP contribution in [0.15, 0.2) is 0 Å². The first-order chi connectivity index (χ1) is 6.22. The van der Waals surface area contributed by atoms with E-state index in [1.165, 1.54) is 12.2 Å². The lowest BCUT2D eigenvalue weighted by Gasteiger charge is -2.22. The molecule has 1 heterocycles. The maximum Gasteiger partial charge on any atom is 0.0664 e. The van der Waals surface area contributed by atoms with Gasteiger partial charge in [-0.1, -0.05) is 13.8 Å². The van der Waals surface area contributed by atoms with Crippen molar-refractivity contribution in [1.82, 2.24) is 4.90 Å². The molecule has 13 heavy (non-hydrogen) atoms. The molecule has 1 saturated heterocycles. The summed E-state index contributed by atoms with van der Waals surface area (Å²) < 4.78 is 0. The predicted molar refractivity (Wildman–Crippen MR) is 59.3 cm³/mol. The molecule has 1 N–H and O–H groups in total. The smallest absolute Gasteiger partial charge is 0.0664 e. The minimum atomic E-state index is -0.126. The van der Waals surface area contributed by atoms with Crippen LogP contribution >= 0.6 is 11.8 Å². The molecule has 0 aliphatic carbocycles. The van der Waals surface area contributed by atoms with Crippen LogP contribution in [0.4, 0.5) is 0 Å². The average molecular weight is 203 g/mol. The van der Waals surface area contributed by atoms with Crippen molar-refractivity contribution in [2.24, 2.45) is 0 Å². The van der Waals surface area contributed by atoms with Crippen LogP contribution in [0, 0.1) is 0 Å². The fraction of sp³-hybridized carbons (Fsp3) is 1.00. The first kappa shape index (κ1) is 11.3. The topological polar surface area (TPSA) is 23.5 Å². The van der Waals surface area contributed by atoms with E-state index in [0.717, 1.165) is 31.3 Å². The lowest BCUT2D eigenvalue weighted by atomic mass is 10.2. The van der Waals surface area contributed by atoms with Gasteiger partial charge in [0.05, 0.1) is 6.10 Å². The Morgan fingerprint density at radius 2 is 2.31 bits per heavy atom. The Kier molecular flexibility index (Phi) is 5.14. The highest BCUT2D eigenvalue weighted by Crippen LogP contribution is 2.18. The number of hydrogen-bond donors (Lipinski definition) is 1. The van der Waals surface area contributed by atoms with E-state index in [0.29, 0.717) is 0 Å². The molecule has 0 aromatic heterocycles. The zero-order chi connectivity index (χ0) is 9.68. The Morgan fingerprint density at radius 1 is 1.54 bits per heavy atom. The van der Waals surface area contributed by atoms with Crippen LogP contribution in [0.2, 0.25) is 0 Å². The van der Waals surface area contributed by atoms with Crippen molar-refractivity contribution in [2.45, 2.75) is 38.0 Å². The molecule has 0 aromatic rings. The number of aliphatic hydroxyl groups is 1. The van der Waals surface area contributed by atoms with Crippen LogP contribution in [0.5, 0.6) is 0 Å². The lowest BCUT2D eigenvalue weighted by molar-refractivity contribution is 0.113. The van der Waals surface area contributed by atoms with Gasteiger partial charge in [-0.05, 0) is 19.4 Å². The molecular weight excluding hydrogens is 182 g/mol. The molecule has 1 unspecified atom stereocenters. The Labute approximate surface area is 85.7 Å². The van der Waals surface area contributed by atoms with Gasteiger partial charge in [0.1, 0.15) is 0 Å². The number of thioether (sulfide) groups is 1. The van der Waals surface area contributed by atoms with Gasteiger partial charge in [-0.25, -0.2) is 0 Å². The van der Waals surface area contributed by atoms with Crippen molar-refractivity contribution in [3.05, 3.63) is 0 Å². The molecule has 0 saturated carbocycles. The fourth-order valence-electron chi connectivity index (χ4n) is 1.55. The summed E-state index contributed by atoms with van der Waals surface area (Å²) >= 11 is 2.05. The molecular formula is C10H21NOS. The molecule has 0 aromatic carbocycles. The average Bonchev–Trinajstić information content (AvgIpc) is 2.31. The Bertz CT molecular complexity index is 143. The summed E-state index contributed by atoms with van der Waals surface area (Å²) in [5.74, 6) is 1.22. The molecule has 78 valence electrons. The molecule has 0 amide bonds. The minimum absolute atomic E-state index is 0.126. The van der Waals surface area contributed by atoms with E-state index >= 15 is 0 Å². The van der Waals surface area contributed by atoms with E-state index in [1.807, 2.05) is 6.92 Å². The monoisotopic (exact) mass is 203 g/mol. The van der Waals surface area contributed by atoms with E-state index in [9.17, 15) is 5.11 Å². The number of hydrogen-bond acceptors (Lipinski definition) is 3. The SMILES string of the molecule is CC[C@H](O)CN1CCSC(C)CC1. The van der Waals surface area contributed by atoms with E-state index in [1.54, 1.807) is 0 Å². The first-order valence-corrected chi connectivity index (χ1v) is 6.29. The van der Waals surface area contributed by atoms with E-state index < -0.39 is 0 Å². The quantitative estimate of drug-likeness (QED) is 0.753. The first-order valence-electron chi connectivity index (χ1n) is 5.24. The lowest BCUT2D eigenvalue weighted by Crippen LogP contribution is -2.33. The summed E-state index contributed by atoms with van der Waals surface area (Å²) in [6.45, 7) is 7.51. The summed E-state index contributed by atoms with van der Waals surface area (Å²) in [7, 11) is 0. The zero-order valence-corrected chi connectivity index (χ0v) is 9.52. The van der Waals surface area contributed by atoms with Gasteiger partial charge >= 0.3 is 0 Å². The van der Waals surface area contributed by atoms with Gasteiger partial charge in [-0.2, -0.15) is 11.8 Å². The highest BCUT2D eigenvalue weighted by molar-refractivity contribution is 7.99. The summed E-state index contributed by atoms with van der Waals surface area (Å²) in [6, 6.07) is 0. The van der Waals surface area contributed by atoms with Gasteiger partial charge in [0.2, 0.25) is 0 Å². The second kappa shape index (κ2) is 5.89. The molecule has 1 aliphatic heterocycles. The van der Waals surface area contributed by atoms with Gasteiger partial charge in [-0.15, -0.1) is 0 Å². The number of β-amino-alcohol motifs (C(OH)–C–C–N with tert-alkyl or cyclic N) is 1. The predicted octanol–water partition coefficient (Wildman–Crippen LogP) is 1.58. The van der Waals surface area contributed by atoms with Gasteiger partial charge in [0.15, 0.2) is 0 Å². The van der Waals surface area contributed by atoms with Crippen molar-refractivity contribution in [2.75, 3.05) is 25.4 Å². The number of aliphatic hydroxyl groups excluding tert-OH is 1. The van der Waals surface area contributed by atoms with Crippen LogP contribution in [0.1, 0.15) is 26.7 Å². The standard InChI is InChI=1S/C10H21NOS/c1-3-10(12)8-11-5-4-9(2)13-7-6-11/h9-10,12H,3-8H2,1-2H3/t9?,10-/m0/s1. The molecule has 2 nitrogen and oxygen atoms in total. The summed E-state index contributed by atoms with van der Waals surface area (Å²) in [4.78, 5) is 2.39. The van der Waals surface area contributed by atoms with Gasteiger partial charge in [0.25, 0.3) is 0 Å². The molecule has 2 atom stereocenters. The van der Waals surface area contributed by atoms with Crippen LogP contribution in [0.25, 0.3) is 0 Å². The second-order valence-corrected chi connectivity index (χ2v) is 5.38. The van der Waals surface area contributed by atoms with Crippen molar-refractivity contribution in [3.63, 3.8) is 0 Å². The largest absolute Gasteiger partial charge is 0.392 e. The molecule has 1 aliphatic rings. The minimum Gasteiger partial charge on any atom is -0.392 e. The third-order valence-corrected chi connectivity index (χ3v) is 3.82. The van der Waals surface area contributed by atoms with E-state index in [2.05, 4.69) is 23.6 Å². The molecule has 0 radical (unpaired) electrons. The van der Waals surface area contributed by atoms with Crippen LogP contribution in [-0.4, -0.2) is 46.7 Å². The maximum atomic E-state index is 9.52. The van der Waals surface area contributed by atoms with Crippen LogP contribution < -0.4 is 0 Å². The molecule has 0 bridgehead atoms. The zero-order valence-electron chi connectivity index (χ0n) is 8.70. The van der Waals surface area contributed by atoms with Gasteiger partial charge in [-0.3, -0.25) is 4.90 Å². The van der Waals surface area contributed by atoms with Crippen molar-refractivity contribution in [3.8, 4) is 0 Å². The van der Waals surface area contributed by atoms with Crippen molar-refractivity contribution >= 4 is 11.8 Å². The summed E-state index contributed by atoms with van der Waals surface area (Å²) in [6.07, 6.45) is 2.01. The third kappa shape index (κ3) is 4.34. The molecule has 1 rings (SSSR count). The Morgan fingerprint density at radius 3 is 3.00 bits per heavy atom.